The number of anilines is 1. The zero-order chi connectivity index (χ0) is 21.8. The molecule has 4 rings (SSSR count). The van der Waals surface area contributed by atoms with Crippen LogP contribution in [-0.2, 0) is 11.3 Å². The highest BCUT2D eigenvalue weighted by atomic mass is 16.5. The van der Waals surface area contributed by atoms with Crippen LogP contribution in [0.4, 0.5) is 10.5 Å². The highest BCUT2D eigenvalue weighted by Gasteiger charge is 2.18. The highest BCUT2D eigenvalue weighted by molar-refractivity contribution is 6.01. The monoisotopic (exact) mass is 416 g/mol. The first kappa shape index (κ1) is 20.6. The number of carbonyl (C=O) groups excluding carboxylic acids is 1. The average Bonchev–Trinajstić information content (AvgIpc) is 2.78. The number of amides is 2. The smallest absolute Gasteiger partial charge is 0.319 e. The molecule has 4 aromatic rings. The second-order valence-electron chi connectivity index (χ2n) is 7.28. The lowest BCUT2D eigenvalue weighted by Crippen LogP contribution is -2.36. The number of fused-ring (bicyclic) bond motifs is 2. The van der Waals surface area contributed by atoms with Gasteiger partial charge in [0.15, 0.2) is 0 Å². The summed E-state index contributed by atoms with van der Waals surface area (Å²) in [5.41, 5.74) is 1.16. The zero-order valence-corrected chi connectivity index (χ0v) is 17.5. The third-order valence-electron chi connectivity index (χ3n) is 5.18. The molecule has 2 amide bonds. The lowest BCUT2D eigenvalue weighted by atomic mass is 10.1. The minimum absolute atomic E-state index is 0.152. The summed E-state index contributed by atoms with van der Waals surface area (Å²) in [6, 6.07) is 19.9. The summed E-state index contributed by atoms with van der Waals surface area (Å²) >= 11 is 0. The summed E-state index contributed by atoms with van der Waals surface area (Å²) in [4.78, 5) is 30.4. The molecule has 7 heteroatoms. The molecule has 31 heavy (non-hydrogen) atoms. The Kier molecular flexibility index (Phi) is 5.95. The van der Waals surface area contributed by atoms with Gasteiger partial charge >= 0.3 is 6.03 Å². The fraction of sp³-hybridized carbons (Fsp3) is 0.208. The van der Waals surface area contributed by atoms with Crippen molar-refractivity contribution in [3.05, 3.63) is 82.9 Å². The van der Waals surface area contributed by atoms with Gasteiger partial charge in [0.1, 0.15) is 5.82 Å². The number of carbonyl (C=O) groups is 1. The van der Waals surface area contributed by atoms with E-state index < -0.39 is 6.04 Å². The van der Waals surface area contributed by atoms with Crippen molar-refractivity contribution in [3.63, 3.8) is 0 Å². The van der Waals surface area contributed by atoms with Gasteiger partial charge in [0.05, 0.1) is 35.8 Å². The van der Waals surface area contributed by atoms with E-state index in [-0.39, 0.29) is 11.6 Å². The van der Waals surface area contributed by atoms with Gasteiger partial charge in [0, 0.05) is 12.5 Å². The Bertz CT molecular complexity index is 1290. The van der Waals surface area contributed by atoms with Crippen molar-refractivity contribution in [2.75, 3.05) is 19.0 Å². The summed E-state index contributed by atoms with van der Waals surface area (Å²) in [7, 11) is 1.58. The molecule has 0 spiro atoms. The number of nitrogens with zero attached hydrogens (tertiary/aromatic N) is 2. The summed E-state index contributed by atoms with van der Waals surface area (Å²) in [5, 5.41) is 8.34. The standard InChI is InChI=1S/C24H24N4O3/c1-16(25-24(30)27-20-13-7-9-17-8-3-4-10-18(17)20)22-26-21-12-6-5-11-19(21)23(29)28(22)14-15-31-2/h3-13,16H,14-15H2,1-2H3,(H2,25,27,30)/t16-/m1/s1. The molecule has 1 atom stereocenters. The normalized spacial score (nSPS) is 12.1. The number of aromatic nitrogens is 2. The van der Waals surface area contributed by atoms with Gasteiger partial charge in [-0.3, -0.25) is 9.36 Å². The molecule has 1 heterocycles. The number of benzene rings is 3. The second-order valence-corrected chi connectivity index (χ2v) is 7.28. The Hall–Kier alpha value is -3.71. The average molecular weight is 416 g/mol. The number of urea groups is 1. The number of ether oxygens (including phenoxy) is 1. The van der Waals surface area contributed by atoms with E-state index in [4.69, 9.17) is 4.74 Å². The number of hydrogen-bond acceptors (Lipinski definition) is 4. The van der Waals surface area contributed by atoms with Gasteiger partial charge in [-0.15, -0.1) is 0 Å². The van der Waals surface area contributed by atoms with Gasteiger partial charge in [0.25, 0.3) is 5.56 Å². The van der Waals surface area contributed by atoms with E-state index in [9.17, 15) is 9.59 Å². The van der Waals surface area contributed by atoms with Crippen molar-refractivity contribution in [2.24, 2.45) is 0 Å². The Labute approximate surface area is 179 Å². The molecule has 0 aliphatic rings. The maximum atomic E-state index is 13.0. The maximum absolute atomic E-state index is 13.0. The van der Waals surface area contributed by atoms with Crippen LogP contribution >= 0.6 is 0 Å². The molecule has 0 aliphatic heterocycles. The van der Waals surface area contributed by atoms with Gasteiger partial charge in [-0.25, -0.2) is 9.78 Å². The fourth-order valence-corrected chi connectivity index (χ4v) is 3.67. The molecule has 158 valence electrons. The van der Waals surface area contributed by atoms with Crippen molar-refractivity contribution in [2.45, 2.75) is 19.5 Å². The minimum atomic E-state index is -0.496. The van der Waals surface area contributed by atoms with Gasteiger partial charge in [-0.1, -0.05) is 48.5 Å². The minimum Gasteiger partial charge on any atom is -0.383 e. The SMILES string of the molecule is COCCn1c([C@@H](C)NC(=O)Nc2cccc3ccccc23)nc2ccccc2c1=O. The molecule has 0 aliphatic carbocycles. The second kappa shape index (κ2) is 8.97. The summed E-state index contributed by atoms with van der Waals surface area (Å²) in [6.45, 7) is 2.52. The number of hydrogen-bond donors (Lipinski definition) is 2. The molecule has 0 fully saturated rings. The first-order valence-corrected chi connectivity index (χ1v) is 10.1. The predicted octanol–water partition coefficient (Wildman–Crippen LogP) is 4.08. The van der Waals surface area contributed by atoms with E-state index in [2.05, 4.69) is 15.6 Å². The Balaban J connectivity index is 1.62. The molecule has 0 saturated carbocycles. The van der Waals surface area contributed by atoms with Crippen molar-refractivity contribution in [3.8, 4) is 0 Å². The molecule has 0 radical (unpaired) electrons. The van der Waals surface area contributed by atoms with Gasteiger partial charge in [0.2, 0.25) is 0 Å². The maximum Gasteiger partial charge on any atom is 0.319 e. The van der Waals surface area contributed by atoms with Gasteiger partial charge < -0.3 is 15.4 Å². The van der Waals surface area contributed by atoms with Gasteiger partial charge in [-0.2, -0.15) is 0 Å². The third-order valence-corrected chi connectivity index (χ3v) is 5.18. The van der Waals surface area contributed by atoms with Crippen molar-refractivity contribution >= 4 is 33.4 Å². The molecule has 1 aromatic heterocycles. The summed E-state index contributed by atoms with van der Waals surface area (Å²) < 4.78 is 6.73. The lowest BCUT2D eigenvalue weighted by molar-refractivity contribution is 0.184. The Morgan fingerprint density at radius 2 is 1.74 bits per heavy atom. The fourth-order valence-electron chi connectivity index (χ4n) is 3.67. The largest absolute Gasteiger partial charge is 0.383 e. The molecular formula is C24H24N4O3. The van der Waals surface area contributed by atoms with Gasteiger partial charge in [-0.05, 0) is 30.5 Å². The lowest BCUT2D eigenvalue weighted by Gasteiger charge is -2.20. The first-order chi connectivity index (χ1) is 15.1. The molecule has 7 nitrogen and oxygen atoms in total. The Morgan fingerprint density at radius 1 is 1.03 bits per heavy atom. The van der Waals surface area contributed by atoms with E-state index in [0.29, 0.717) is 35.6 Å². The van der Waals surface area contributed by atoms with Crippen LogP contribution in [0.5, 0.6) is 0 Å². The van der Waals surface area contributed by atoms with Crippen LogP contribution in [0.1, 0.15) is 18.8 Å². The number of para-hydroxylation sites is 1. The Morgan fingerprint density at radius 3 is 2.55 bits per heavy atom. The third kappa shape index (κ3) is 4.27. The number of methoxy groups -OCH3 is 1. The molecule has 0 saturated heterocycles. The summed E-state index contributed by atoms with van der Waals surface area (Å²) in [5.74, 6) is 0.480. The van der Waals surface area contributed by atoms with Crippen LogP contribution < -0.4 is 16.2 Å². The summed E-state index contributed by atoms with van der Waals surface area (Å²) in [6.07, 6.45) is 0. The van der Waals surface area contributed by atoms with E-state index in [1.54, 1.807) is 23.8 Å². The van der Waals surface area contributed by atoms with Crippen LogP contribution in [0.15, 0.2) is 71.5 Å². The van der Waals surface area contributed by atoms with E-state index in [1.807, 2.05) is 61.5 Å². The van der Waals surface area contributed by atoms with Crippen LogP contribution in [0.25, 0.3) is 21.7 Å². The van der Waals surface area contributed by atoms with Crippen molar-refractivity contribution in [1.82, 2.24) is 14.9 Å². The molecule has 0 unspecified atom stereocenters. The number of rotatable bonds is 6. The molecule has 2 N–H and O–H groups in total. The van der Waals surface area contributed by atoms with Crippen LogP contribution in [0, 0.1) is 0 Å². The van der Waals surface area contributed by atoms with E-state index in [1.165, 1.54) is 0 Å². The van der Waals surface area contributed by atoms with Crippen molar-refractivity contribution in [1.29, 1.82) is 0 Å². The molecular weight excluding hydrogens is 392 g/mol. The van der Waals surface area contributed by atoms with Crippen molar-refractivity contribution < 1.29 is 9.53 Å². The highest BCUT2D eigenvalue weighted by Crippen LogP contribution is 2.23. The van der Waals surface area contributed by atoms with Crippen LogP contribution in [0.2, 0.25) is 0 Å². The zero-order valence-electron chi connectivity index (χ0n) is 17.5. The van der Waals surface area contributed by atoms with Crippen LogP contribution in [-0.4, -0.2) is 29.3 Å². The number of nitrogens with one attached hydrogen (secondary N) is 2. The van der Waals surface area contributed by atoms with E-state index in [0.717, 1.165) is 10.8 Å². The topological polar surface area (TPSA) is 85.2 Å². The quantitative estimate of drug-likeness (QED) is 0.496. The predicted molar refractivity (Wildman–Crippen MR) is 122 cm³/mol. The molecule has 0 bridgehead atoms. The first-order valence-electron chi connectivity index (χ1n) is 10.1. The van der Waals surface area contributed by atoms with E-state index >= 15 is 0 Å². The molecule has 3 aromatic carbocycles. The van der Waals surface area contributed by atoms with Crippen LogP contribution in [0.3, 0.4) is 0 Å².